The Hall–Kier alpha value is -5.09. The van der Waals surface area contributed by atoms with E-state index in [1.807, 2.05) is 60.7 Å². The van der Waals surface area contributed by atoms with Crippen molar-refractivity contribution in [2.75, 3.05) is 0 Å². The molecule has 54 heavy (non-hydrogen) atoms. The first-order chi connectivity index (χ1) is 26.1. The first-order valence-electron chi connectivity index (χ1n) is 17.5. The molecule has 0 aliphatic heterocycles. The zero-order valence-corrected chi connectivity index (χ0v) is 31.8. The number of ketones is 3. The Bertz CT molecular complexity index is 2400. The van der Waals surface area contributed by atoms with Crippen molar-refractivity contribution in [3.63, 3.8) is 0 Å². The molecule has 0 radical (unpaired) electrons. The molecule has 0 aromatic heterocycles. The van der Waals surface area contributed by atoms with Crippen molar-refractivity contribution in [1.82, 2.24) is 0 Å². The normalized spacial score (nSPS) is 13.6. The molecule has 3 aliphatic carbocycles. The van der Waals surface area contributed by atoms with Crippen molar-refractivity contribution in [2.24, 2.45) is 0 Å². The van der Waals surface area contributed by atoms with Crippen LogP contribution in [0.5, 0.6) is 0 Å². The zero-order chi connectivity index (χ0) is 38.1. The number of hydrogen-bond acceptors (Lipinski definition) is 7. The van der Waals surface area contributed by atoms with Crippen LogP contribution in [-0.4, -0.2) is 25.8 Å². The van der Waals surface area contributed by atoms with E-state index in [2.05, 4.69) is 30.8 Å². The predicted octanol–water partition coefficient (Wildman–Crippen LogP) is 10.5. The largest absolute Gasteiger partial charge is 0.294 e. The van der Waals surface area contributed by atoms with Gasteiger partial charge in [-0.25, -0.2) is 12.8 Å². The Labute approximate surface area is 325 Å². The Balaban J connectivity index is 0.000000130. The van der Waals surface area contributed by atoms with Crippen LogP contribution in [0.1, 0.15) is 67.0 Å². The second-order valence-corrected chi connectivity index (χ2v) is 16.4. The van der Waals surface area contributed by atoms with Crippen LogP contribution >= 0.6 is 24.4 Å². The highest BCUT2D eigenvalue weighted by atomic mass is 32.2. The molecular weight excluding hydrogens is 736 g/mol. The number of carbonyl (C=O) groups excluding carboxylic acids is 3. The lowest BCUT2D eigenvalue weighted by Crippen LogP contribution is -2.03. The van der Waals surface area contributed by atoms with Crippen molar-refractivity contribution in [1.29, 1.82) is 0 Å². The number of halogens is 1. The highest BCUT2D eigenvalue weighted by Gasteiger charge is 2.24. The van der Waals surface area contributed by atoms with Gasteiger partial charge >= 0.3 is 0 Å². The first-order valence-corrected chi connectivity index (χ1v) is 20.2. The number of rotatable bonds is 4. The van der Waals surface area contributed by atoms with Gasteiger partial charge in [0.25, 0.3) is 0 Å². The molecule has 6 aromatic rings. The SMILES string of the molecule is O=C1CCc2cc(F)ccc21.O=C1CCc2cc(S(=O)(=O)c3ccccc3)ccc21.O=C1CCc2cc(Sc3ccccc3)ccc21.Sc1ccccc1. The van der Waals surface area contributed by atoms with E-state index in [-0.39, 0.29) is 33.0 Å². The van der Waals surface area contributed by atoms with Gasteiger partial charge in [-0.05, 0) is 121 Å². The average molecular weight is 773 g/mol. The number of carbonyl (C=O) groups is 3. The molecule has 9 heteroatoms. The third kappa shape index (κ3) is 9.71. The van der Waals surface area contributed by atoms with Crippen molar-refractivity contribution in [2.45, 2.75) is 63.0 Å². The summed E-state index contributed by atoms with van der Waals surface area (Å²) < 4.78 is 37.4. The summed E-state index contributed by atoms with van der Waals surface area (Å²) >= 11 is 5.83. The summed E-state index contributed by atoms with van der Waals surface area (Å²) in [7, 11) is -3.49. The van der Waals surface area contributed by atoms with Crippen LogP contribution in [0.15, 0.2) is 170 Å². The van der Waals surface area contributed by atoms with Crippen LogP contribution in [0.3, 0.4) is 0 Å². The Morgan fingerprint density at radius 1 is 0.463 bits per heavy atom. The van der Waals surface area contributed by atoms with Gasteiger partial charge in [0.05, 0.1) is 9.79 Å². The molecule has 5 nitrogen and oxygen atoms in total. The molecule has 6 aromatic carbocycles. The van der Waals surface area contributed by atoms with Gasteiger partial charge in [-0.2, -0.15) is 0 Å². The van der Waals surface area contributed by atoms with E-state index in [0.717, 1.165) is 28.0 Å². The average Bonchev–Trinajstić information content (AvgIpc) is 3.88. The highest BCUT2D eigenvalue weighted by molar-refractivity contribution is 7.99. The topological polar surface area (TPSA) is 85.3 Å². The number of hydrogen-bond donors (Lipinski definition) is 1. The highest BCUT2D eigenvalue weighted by Crippen LogP contribution is 2.32. The minimum absolute atomic E-state index is 0.0960. The van der Waals surface area contributed by atoms with Gasteiger partial charge in [-0.1, -0.05) is 72.4 Å². The zero-order valence-electron chi connectivity index (χ0n) is 29.3. The maximum Gasteiger partial charge on any atom is 0.206 e. The lowest BCUT2D eigenvalue weighted by atomic mass is 10.1. The van der Waals surface area contributed by atoms with Crippen LogP contribution in [0.4, 0.5) is 4.39 Å². The molecule has 272 valence electrons. The molecule has 0 saturated heterocycles. The van der Waals surface area contributed by atoms with Crippen LogP contribution in [0.2, 0.25) is 0 Å². The smallest absolute Gasteiger partial charge is 0.206 e. The molecule has 0 saturated carbocycles. The Morgan fingerprint density at radius 2 is 0.926 bits per heavy atom. The van der Waals surface area contributed by atoms with Crippen molar-refractivity contribution >= 4 is 51.6 Å². The Morgan fingerprint density at radius 3 is 1.46 bits per heavy atom. The maximum absolute atomic E-state index is 12.6. The molecule has 0 spiro atoms. The first kappa shape index (κ1) is 38.6. The second kappa shape index (κ2) is 17.8. The van der Waals surface area contributed by atoms with Crippen molar-refractivity contribution in [3.8, 4) is 0 Å². The van der Waals surface area contributed by atoms with E-state index in [4.69, 9.17) is 0 Å². The molecule has 3 aliphatic rings. The lowest BCUT2D eigenvalue weighted by molar-refractivity contribution is 0.0986. The molecule has 0 N–H and O–H groups in total. The molecule has 0 unspecified atom stereocenters. The van der Waals surface area contributed by atoms with Crippen molar-refractivity contribution < 1.29 is 27.2 Å². The molecule has 0 amide bonds. The summed E-state index contributed by atoms with van der Waals surface area (Å²) in [5.41, 5.74) is 5.17. The van der Waals surface area contributed by atoms with Gasteiger partial charge < -0.3 is 0 Å². The predicted molar refractivity (Wildman–Crippen MR) is 213 cm³/mol. The van der Waals surface area contributed by atoms with Crippen LogP contribution in [-0.2, 0) is 29.1 Å². The molecule has 9 rings (SSSR count). The molecule has 0 fully saturated rings. The van der Waals surface area contributed by atoms with Crippen LogP contribution in [0.25, 0.3) is 0 Å². The van der Waals surface area contributed by atoms with E-state index >= 15 is 0 Å². The number of aryl methyl sites for hydroxylation is 3. The number of Topliss-reactive ketones (excluding diaryl/α,β-unsaturated/α-hetero) is 3. The van der Waals surface area contributed by atoms with Gasteiger partial charge in [0.2, 0.25) is 9.84 Å². The summed E-state index contributed by atoms with van der Waals surface area (Å²) in [5.74, 6) is 0.272. The van der Waals surface area contributed by atoms with Gasteiger partial charge in [-0.15, -0.1) is 12.6 Å². The third-order valence-corrected chi connectivity index (χ3v) is 12.1. The van der Waals surface area contributed by atoms with E-state index < -0.39 is 9.84 Å². The van der Waals surface area contributed by atoms with E-state index in [1.165, 1.54) is 33.6 Å². The molecule has 0 heterocycles. The quantitative estimate of drug-likeness (QED) is 0.180. The number of sulfone groups is 1. The van der Waals surface area contributed by atoms with E-state index in [0.29, 0.717) is 43.2 Å². The molecule has 0 atom stereocenters. The van der Waals surface area contributed by atoms with E-state index in [1.54, 1.807) is 60.3 Å². The fraction of sp³-hybridized carbons (Fsp3) is 0.133. The summed E-state index contributed by atoms with van der Waals surface area (Å²) in [4.78, 5) is 38.1. The number of thiol groups is 1. The summed E-state index contributed by atoms with van der Waals surface area (Å²) in [6.45, 7) is 0. The summed E-state index contributed by atoms with van der Waals surface area (Å²) in [5, 5.41) is 0. The minimum Gasteiger partial charge on any atom is -0.294 e. The lowest BCUT2D eigenvalue weighted by Gasteiger charge is -2.06. The summed E-state index contributed by atoms with van der Waals surface area (Å²) in [6, 6.07) is 43.7. The van der Waals surface area contributed by atoms with Gasteiger partial charge in [0.15, 0.2) is 17.3 Å². The van der Waals surface area contributed by atoms with Gasteiger partial charge in [-0.3, -0.25) is 14.4 Å². The monoisotopic (exact) mass is 772 g/mol. The fourth-order valence-corrected chi connectivity index (χ4v) is 8.71. The standard InChI is InChI=1S/C15H12O3S.C15H12OS.C9H7FO.C6H6S/c16-15-9-6-11-10-13(7-8-14(11)15)19(17,18)12-4-2-1-3-5-12;16-15-9-6-11-10-13(7-8-14(11)15)17-12-4-2-1-3-5-12;10-7-2-3-8-6(5-7)1-4-9(8)11;7-6-4-2-1-3-5-6/h1-5,7-8,10H,6,9H2;1-5,7-8,10H,6,9H2;2-3,5H,1,4H2;1-5,7H. The minimum atomic E-state index is -3.49. The fourth-order valence-electron chi connectivity index (χ4n) is 6.31. The Kier molecular flexibility index (Phi) is 12.7. The van der Waals surface area contributed by atoms with Crippen molar-refractivity contribution in [3.05, 3.63) is 185 Å². The van der Waals surface area contributed by atoms with Gasteiger partial charge in [0, 0.05) is 50.6 Å². The van der Waals surface area contributed by atoms with Gasteiger partial charge in [0.1, 0.15) is 5.82 Å². The number of fused-ring (bicyclic) bond motifs is 3. The van der Waals surface area contributed by atoms with E-state index in [9.17, 15) is 27.2 Å². The second-order valence-electron chi connectivity index (χ2n) is 12.8. The maximum atomic E-state index is 12.6. The number of benzene rings is 6. The molecule has 0 bridgehead atoms. The summed E-state index contributed by atoms with van der Waals surface area (Å²) in [6.07, 6.45) is 3.92. The van der Waals surface area contributed by atoms with Crippen LogP contribution in [0, 0.1) is 5.82 Å². The molecular formula is C45H37FO5S3. The van der Waals surface area contributed by atoms with Crippen LogP contribution < -0.4 is 0 Å². The third-order valence-electron chi connectivity index (χ3n) is 9.09.